The van der Waals surface area contributed by atoms with Crippen LogP contribution in [0.1, 0.15) is 104 Å². The second kappa shape index (κ2) is 24.2. The van der Waals surface area contributed by atoms with Crippen molar-refractivity contribution in [2.24, 2.45) is 11.7 Å². The summed E-state index contributed by atoms with van der Waals surface area (Å²) in [6.45, 7) is 5.46. The minimum atomic E-state index is -0.987. The van der Waals surface area contributed by atoms with Gasteiger partial charge in [0.1, 0.15) is 18.8 Å². The maximum absolute atomic E-state index is 11.3. The molecular formula is C25H49NO6. The number of nitrogens with two attached hydrogens (primary N) is 1. The van der Waals surface area contributed by atoms with Gasteiger partial charge in [-0.3, -0.25) is 4.79 Å². The number of aliphatic hydroxyl groups is 2. The number of hydrogen-bond acceptors (Lipinski definition) is 6. The van der Waals surface area contributed by atoms with Crippen LogP contribution in [-0.4, -0.2) is 52.6 Å². The molecule has 0 bridgehead atoms. The number of hydrogen-bond donors (Lipinski definition) is 4. The molecule has 0 aromatic carbocycles. The smallest absolute Gasteiger partial charge is 0.330 e. The second-order valence-electron chi connectivity index (χ2n) is 8.44. The third-order valence-corrected chi connectivity index (χ3v) is 5.40. The van der Waals surface area contributed by atoms with E-state index in [-0.39, 0.29) is 12.5 Å². The number of carboxylic acid groups (broad SMARTS) is 1. The molecule has 0 rings (SSSR count). The quantitative estimate of drug-likeness (QED) is 0.126. The third kappa shape index (κ3) is 23.2. The number of allylic oxidation sites excluding steroid dienone is 1. The Morgan fingerprint density at radius 3 is 1.84 bits per heavy atom. The normalized spacial score (nSPS) is 13.8. The Balaban J connectivity index is 0. The Morgan fingerprint density at radius 2 is 1.44 bits per heavy atom. The summed E-state index contributed by atoms with van der Waals surface area (Å²) in [6, 6.07) is -0.699. The molecule has 0 fully saturated rings. The van der Waals surface area contributed by atoms with Gasteiger partial charge in [0, 0.05) is 6.08 Å². The van der Waals surface area contributed by atoms with Crippen molar-refractivity contribution >= 4 is 11.9 Å². The Morgan fingerprint density at radius 1 is 0.938 bits per heavy atom. The van der Waals surface area contributed by atoms with Gasteiger partial charge in [-0.05, 0) is 18.8 Å². The lowest BCUT2D eigenvalue weighted by Gasteiger charge is -2.11. The largest absolute Gasteiger partial charge is 0.480 e. The standard InChI is InChI=1S/C19H36O4.C6H13NO2/c1-2-3-4-5-6-7-8-9-10-11-12-13-14-15-19(22)23-17-18(21)16-20;1-3-4(2)5(7)6(8)9/h14-15,18,20-21H,2-13,16-17H2,1H3;4-5H,3,7H2,1-2H3,(H,8,9)/b15-14+;. The summed E-state index contributed by atoms with van der Waals surface area (Å²) in [6.07, 6.45) is 18.4. The predicted molar refractivity (Wildman–Crippen MR) is 129 cm³/mol. The molecule has 0 aromatic heterocycles. The highest BCUT2D eigenvalue weighted by molar-refractivity contribution is 5.81. The summed E-state index contributed by atoms with van der Waals surface area (Å²) in [5.41, 5.74) is 5.27. The van der Waals surface area contributed by atoms with Crippen LogP contribution in [0.2, 0.25) is 0 Å². The zero-order chi connectivity index (χ0) is 24.6. The Kier molecular flexibility index (Phi) is 24.8. The van der Waals surface area contributed by atoms with Crippen molar-refractivity contribution in [1.29, 1.82) is 0 Å². The molecule has 0 amide bonds. The molecule has 0 saturated heterocycles. The van der Waals surface area contributed by atoms with E-state index in [0.29, 0.717) is 0 Å². The minimum Gasteiger partial charge on any atom is -0.480 e. The topological polar surface area (TPSA) is 130 Å². The number of aliphatic carboxylic acids is 1. The van der Waals surface area contributed by atoms with Crippen molar-refractivity contribution in [1.82, 2.24) is 0 Å². The number of aliphatic hydroxyl groups excluding tert-OH is 2. The molecule has 0 aliphatic carbocycles. The van der Waals surface area contributed by atoms with E-state index in [9.17, 15) is 9.59 Å². The van der Waals surface area contributed by atoms with Gasteiger partial charge in [0.25, 0.3) is 0 Å². The number of carboxylic acids is 1. The lowest BCUT2D eigenvalue weighted by Crippen LogP contribution is -2.36. The molecule has 0 aliphatic rings. The van der Waals surface area contributed by atoms with Gasteiger partial charge >= 0.3 is 11.9 Å². The maximum Gasteiger partial charge on any atom is 0.330 e. The van der Waals surface area contributed by atoms with Crippen LogP contribution < -0.4 is 5.73 Å². The van der Waals surface area contributed by atoms with Gasteiger partial charge in [-0.25, -0.2) is 4.79 Å². The van der Waals surface area contributed by atoms with Gasteiger partial charge in [-0.15, -0.1) is 0 Å². The highest BCUT2D eigenvalue weighted by Gasteiger charge is 2.17. The molecule has 7 heteroatoms. The highest BCUT2D eigenvalue weighted by atomic mass is 16.5. The van der Waals surface area contributed by atoms with Crippen molar-refractivity contribution in [2.75, 3.05) is 13.2 Å². The van der Waals surface area contributed by atoms with Gasteiger partial charge in [0.05, 0.1) is 6.61 Å². The predicted octanol–water partition coefficient (Wildman–Crippen LogP) is 4.58. The summed E-state index contributed by atoms with van der Waals surface area (Å²) in [5, 5.41) is 26.0. The molecule has 0 saturated carbocycles. The molecule has 0 heterocycles. The van der Waals surface area contributed by atoms with Crippen LogP contribution in [0, 0.1) is 5.92 Å². The molecule has 5 N–H and O–H groups in total. The molecule has 3 atom stereocenters. The molecule has 0 aliphatic heterocycles. The van der Waals surface area contributed by atoms with Crippen molar-refractivity contribution in [3.05, 3.63) is 12.2 Å². The number of esters is 1. The molecular weight excluding hydrogens is 410 g/mol. The highest BCUT2D eigenvalue weighted by Crippen LogP contribution is 2.12. The number of rotatable bonds is 19. The van der Waals surface area contributed by atoms with E-state index in [4.69, 9.17) is 25.8 Å². The van der Waals surface area contributed by atoms with Gasteiger partial charge in [-0.2, -0.15) is 0 Å². The van der Waals surface area contributed by atoms with E-state index < -0.39 is 30.7 Å². The first kappa shape index (κ1) is 32.7. The number of ether oxygens (including phenoxy) is 1. The van der Waals surface area contributed by atoms with E-state index in [1.807, 2.05) is 19.9 Å². The van der Waals surface area contributed by atoms with E-state index in [0.717, 1.165) is 19.3 Å². The summed E-state index contributed by atoms with van der Waals surface area (Å²) >= 11 is 0. The number of carbonyl (C=O) groups excluding carboxylic acids is 1. The molecule has 7 nitrogen and oxygen atoms in total. The second-order valence-corrected chi connectivity index (χ2v) is 8.44. The van der Waals surface area contributed by atoms with Crippen LogP contribution in [-0.2, 0) is 14.3 Å². The molecule has 0 radical (unpaired) electrons. The van der Waals surface area contributed by atoms with Crippen LogP contribution >= 0.6 is 0 Å². The summed E-state index contributed by atoms with van der Waals surface area (Å²) in [5.74, 6) is -1.30. The van der Waals surface area contributed by atoms with Crippen molar-refractivity contribution in [3.8, 4) is 0 Å². The minimum absolute atomic E-state index is 0.0718. The first-order chi connectivity index (χ1) is 15.3. The van der Waals surface area contributed by atoms with Crippen LogP contribution in [0.25, 0.3) is 0 Å². The van der Waals surface area contributed by atoms with Crippen LogP contribution in [0.5, 0.6) is 0 Å². The monoisotopic (exact) mass is 459 g/mol. The van der Waals surface area contributed by atoms with Crippen LogP contribution in [0.4, 0.5) is 0 Å². The first-order valence-electron chi connectivity index (χ1n) is 12.4. The molecule has 0 aromatic rings. The number of carbonyl (C=O) groups is 2. The fourth-order valence-corrected chi connectivity index (χ4v) is 2.88. The molecule has 0 spiro atoms. The fourth-order valence-electron chi connectivity index (χ4n) is 2.88. The first-order valence-corrected chi connectivity index (χ1v) is 12.4. The Labute approximate surface area is 195 Å². The van der Waals surface area contributed by atoms with Crippen LogP contribution in [0.3, 0.4) is 0 Å². The number of unbranched alkanes of at least 4 members (excludes halogenated alkanes) is 11. The third-order valence-electron chi connectivity index (χ3n) is 5.40. The van der Waals surface area contributed by atoms with E-state index in [1.54, 1.807) is 0 Å². The van der Waals surface area contributed by atoms with Crippen molar-refractivity contribution < 1.29 is 29.6 Å². The van der Waals surface area contributed by atoms with Crippen molar-refractivity contribution in [2.45, 2.75) is 116 Å². The van der Waals surface area contributed by atoms with Gasteiger partial charge < -0.3 is 25.8 Å². The Bertz CT molecular complexity index is 469. The zero-order valence-electron chi connectivity index (χ0n) is 20.6. The lowest BCUT2D eigenvalue weighted by molar-refractivity contribution is -0.141. The molecule has 32 heavy (non-hydrogen) atoms. The summed E-state index contributed by atoms with van der Waals surface area (Å²) in [7, 11) is 0. The van der Waals surface area contributed by atoms with E-state index in [2.05, 4.69) is 6.92 Å². The van der Waals surface area contributed by atoms with Gasteiger partial charge in [0.15, 0.2) is 0 Å². The average molecular weight is 460 g/mol. The van der Waals surface area contributed by atoms with Crippen LogP contribution in [0.15, 0.2) is 12.2 Å². The summed E-state index contributed by atoms with van der Waals surface area (Å²) < 4.78 is 4.77. The van der Waals surface area contributed by atoms with Crippen molar-refractivity contribution in [3.63, 3.8) is 0 Å². The van der Waals surface area contributed by atoms with E-state index in [1.165, 1.54) is 70.3 Å². The molecule has 3 unspecified atom stereocenters. The lowest BCUT2D eigenvalue weighted by atomic mass is 10.0. The fraction of sp³-hybridized carbons (Fsp3) is 0.840. The average Bonchev–Trinajstić information content (AvgIpc) is 2.79. The summed E-state index contributed by atoms with van der Waals surface area (Å²) in [4.78, 5) is 21.4. The SMILES string of the molecule is CCC(C)C(N)C(=O)O.CCCCCCCCCCCCC/C=C/C(=O)OCC(O)CO. The Hall–Kier alpha value is -1.44. The maximum atomic E-state index is 11.3. The van der Waals surface area contributed by atoms with Gasteiger partial charge in [-0.1, -0.05) is 97.5 Å². The van der Waals surface area contributed by atoms with E-state index >= 15 is 0 Å². The zero-order valence-corrected chi connectivity index (χ0v) is 20.6. The van der Waals surface area contributed by atoms with Gasteiger partial charge in [0.2, 0.25) is 0 Å². The molecule has 190 valence electrons.